The lowest BCUT2D eigenvalue weighted by atomic mass is 9.95. The predicted molar refractivity (Wildman–Crippen MR) is 111 cm³/mol. The molecule has 0 aromatic heterocycles. The van der Waals surface area contributed by atoms with Gasteiger partial charge in [0, 0.05) is 24.9 Å². The Hall–Kier alpha value is -2.90. The molecule has 3 rings (SSSR count). The van der Waals surface area contributed by atoms with E-state index in [1.165, 1.54) is 9.80 Å². The molecule has 2 aliphatic rings. The van der Waals surface area contributed by atoms with Gasteiger partial charge in [0.2, 0.25) is 11.6 Å². The number of rotatable bonds is 7. The summed E-state index contributed by atoms with van der Waals surface area (Å²) in [6.07, 6.45) is 1.97. The van der Waals surface area contributed by atoms with E-state index in [0.717, 1.165) is 12.8 Å². The molecule has 0 aliphatic carbocycles. The summed E-state index contributed by atoms with van der Waals surface area (Å²) in [7, 11) is 0. The highest BCUT2D eigenvalue weighted by atomic mass is 16.5. The van der Waals surface area contributed by atoms with Gasteiger partial charge in [0.25, 0.3) is 11.8 Å². The highest BCUT2D eigenvalue weighted by Crippen LogP contribution is 2.45. The maximum atomic E-state index is 13.3. The molecule has 3 amide bonds. The van der Waals surface area contributed by atoms with Crippen molar-refractivity contribution in [2.24, 2.45) is 0 Å². The Morgan fingerprint density at radius 3 is 2.57 bits per heavy atom. The van der Waals surface area contributed by atoms with Crippen molar-refractivity contribution in [1.29, 1.82) is 0 Å². The van der Waals surface area contributed by atoms with Crippen LogP contribution in [0, 0.1) is 0 Å². The molecule has 0 bridgehead atoms. The zero-order valence-electron chi connectivity index (χ0n) is 17.9. The molecule has 2 atom stereocenters. The Balaban J connectivity index is 1.92. The molecule has 0 unspecified atom stereocenters. The fourth-order valence-corrected chi connectivity index (χ4v) is 4.44. The van der Waals surface area contributed by atoms with Gasteiger partial charge in [0.05, 0.1) is 11.3 Å². The maximum Gasteiger partial charge on any atom is 0.354 e. The predicted octanol–water partition coefficient (Wildman–Crippen LogP) is 2.22. The fourth-order valence-electron chi connectivity index (χ4n) is 4.44. The molecule has 8 heteroatoms. The van der Waals surface area contributed by atoms with Crippen molar-refractivity contribution in [3.8, 4) is 0 Å². The fraction of sp³-hybridized carbons (Fsp3) is 0.545. The van der Waals surface area contributed by atoms with Gasteiger partial charge in [0.1, 0.15) is 0 Å². The first-order chi connectivity index (χ1) is 14.2. The Labute approximate surface area is 176 Å². The van der Waals surface area contributed by atoms with Crippen LogP contribution in [0.5, 0.6) is 0 Å². The van der Waals surface area contributed by atoms with Crippen molar-refractivity contribution in [1.82, 2.24) is 10.2 Å². The van der Waals surface area contributed by atoms with Crippen LogP contribution in [0.1, 0.15) is 63.7 Å². The number of carbonyl (C=O) groups excluding carboxylic acids is 4. The minimum absolute atomic E-state index is 0.0285. The number of amides is 3. The summed E-state index contributed by atoms with van der Waals surface area (Å²) in [5, 5.41) is 2.79. The molecule has 1 saturated heterocycles. The first kappa shape index (κ1) is 21.8. The van der Waals surface area contributed by atoms with Crippen LogP contribution < -0.4 is 10.2 Å². The highest BCUT2D eigenvalue weighted by Gasteiger charge is 2.62. The van der Waals surface area contributed by atoms with E-state index in [4.69, 9.17) is 4.74 Å². The minimum Gasteiger partial charge on any atom is -0.452 e. The van der Waals surface area contributed by atoms with Gasteiger partial charge in [-0.05, 0) is 39.3 Å². The largest absolute Gasteiger partial charge is 0.452 e. The molecule has 0 spiro atoms. The third-order valence-corrected chi connectivity index (χ3v) is 5.61. The second kappa shape index (κ2) is 8.45. The molecule has 8 nitrogen and oxygen atoms in total. The molecule has 1 aromatic rings. The summed E-state index contributed by atoms with van der Waals surface area (Å²) in [6.45, 7) is 7.03. The quantitative estimate of drug-likeness (QED) is 0.689. The van der Waals surface area contributed by atoms with Gasteiger partial charge in [-0.1, -0.05) is 25.5 Å². The average Bonchev–Trinajstić information content (AvgIpc) is 3.04. The molecule has 2 aliphatic heterocycles. The van der Waals surface area contributed by atoms with Crippen LogP contribution in [-0.4, -0.2) is 52.9 Å². The van der Waals surface area contributed by atoms with Crippen LogP contribution >= 0.6 is 0 Å². The van der Waals surface area contributed by atoms with E-state index in [1.807, 2.05) is 13.8 Å². The average molecular weight is 415 g/mol. The second-order valence-corrected chi connectivity index (χ2v) is 8.17. The van der Waals surface area contributed by atoms with Crippen LogP contribution in [0.3, 0.4) is 0 Å². The van der Waals surface area contributed by atoms with Crippen LogP contribution in [0.15, 0.2) is 24.3 Å². The van der Waals surface area contributed by atoms with Crippen molar-refractivity contribution < 1.29 is 23.9 Å². The summed E-state index contributed by atoms with van der Waals surface area (Å²) in [5.74, 6) is -1.75. The number of fused-ring (bicyclic) bond motifs is 3. The van der Waals surface area contributed by atoms with Crippen LogP contribution in [0.25, 0.3) is 0 Å². The zero-order chi connectivity index (χ0) is 22.1. The smallest absolute Gasteiger partial charge is 0.354 e. The van der Waals surface area contributed by atoms with Gasteiger partial charge in [-0.25, -0.2) is 4.79 Å². The van der Waals surface area contributed by atoms with Crippen molar-refractivity contribution in [3.05, 3.63) is 29.8 Å². The summed E-state index contributed by atoms with van der Waals surface area (Å²) in [4.78, 5) is 54.4. The van der Waals surface area contributed by atoms with Gasteiger partial charge in [0.15, 0.2) is 6.61 Å². The summed E-state index contributed by atoms with van der Waals surface area (Å²) < 4.78 is 5.38. The highest BCUT2D eigenvalue weighted by molar-refractivity contribution is 6.15. The number of anilines is 1. The van der Waals surface area contributed by atoms with Crippen molar-refractivity contribution in [3.63, 3.8) is 0 Å². The Morgan fingerprint density at radius 1 is 1.20 bits per heavy atom. The van der Waals surface area contributed by atoms with Gasteiger partial charge >= 0.3 is 5.97 Å². The number of hydrogen-bond acceptors (Lipinski definition) is 5. The van der Waals surface area contributed by atoms with Crippen molar-refractivity contribution in [2.45, 2.75) is 71.1 Å². The second-order valence-electron chi connectivity index (χ2n) is 8.17. The monoisotopic (exact) mass is 415 g/mol. The summed E-state index contributed by atoms with van der Waals surface area (Å²) >= 11 is 0. The number of esters is 1. The first-order valence-electron chi connectivity index (χ1n) is 10.5. The number of carbonyl (C=O) groups is 4. The molecular formula is C22H29N3O5. The molecule has 0 saturated carbocycles. The molecule has 2 heterocycles. The van der Waals surface area contributed by atoms with Crippen molar-refractivity contribution >= 4 is 29.4 Å². The lowest BCUT2D eigenvalue weighted by molar-refractivity contribution is -0.161. The normalized spacial score (nSPS) is 21.4. The van der Waals surface area contributed by atoms with Gasteiger partial charge in [-0.15, -0.1) is 0 Å². The van der Waals surface area contributed by atoms with Crippen LogP contribution in [0.2, 0.25) is 0 Å². The topological polar surface area (TPSA) is 96.0 Å². The van der Waals surface area contributed by atoms with E-state index >= 15 is 0 Å². The van der Waals surface area contributed by atoms with E-state index < -0.39 is 24.1 Å². The summed E-state index contributed by atoms with van der Waals surface area (Å²) in [6, 6.07) is 6.38. The standard InChI is InChI=1S/C22H29N3O5/c1-5-8-15(4)23-18(26)13-30-21(29)22-12-11-19(27)25(22)17-10-7-6-9-16(17)20(28)24(22)14(2)3/h6-7,9-10,14-15H,5,8,11-13H2,1-4H3,(H,23,26)/t15-,22-/m0/s1. The van der Waals surface area contributed by atoms with Gasteiger partial charge < -0.3 is 15.0 Å². The third-order valence-electron chi connectivity index (χ3n) is 5.61. The molecule has 162 valence electrons. The molecule has 1 aromatic carbocycles. The molecular weight excluding hydrogens is 386 g/mol. The number of ether oxygens (including phenoxy) is 1. The Kier molecular flexibility index (Phi) is 6.14. The van der Waals surface area contributed by atoms with Crippen molar-refractivity contribution in [2.75, 3.05) is 11.5 Å². The lowest BCUT2D eigenvalue weighted by Gasteiger charge is -2.50. The van der Waals surface area contributed by atoms with Crippen LogP contribution in [0.4, 0.5) is 5.69 Å². The molecule has 1 fully saturated rings. The maximum absolute atomic E-state index is 13.3. The number of para-hydroxylation sites is 1. The van der Waals surface area contributed by atoms with Gasteiger partial charge in [-0.2, -0.15) is 0 Å². The lowest BCUT2D eigenvalue weighted by Crippen LogP contribution is -2.70. The van der Waals surface area contributed by atoms with Crippen LogP contribution in [-0.2, 0) is 19.1 Å². The summed E-state index contributed by atoms with van der Waals surface area (Å²) in [5.41, 5.74) is -0.803. The molecule has 0 radical (unpaired) electrons. The van der Waals surface area contributed by atoms with E-state index in [-0.39, 0.29) is 36.7 Å². The number of nitrogens with one attached hydrogen (secondary N) is 1. The number of nitrogens with zero attached hydrogens (tertiary/aromatic N) is 2. The molecule has 30 heavy (non-hydrogen) atoms. The van der Waals surface area contributed by atoms with E-state index in [2.05, 4.69) is 5.32 Å². The zero-order valence-corrected chi connectivity index (χ0v) is 17.9. The Bertz CT molecular complexity index is 868. The minimum atomic E-state index is -1.58. The van der Waals surface area contributed by atoms with Gasteiger partial charge in [-0.3, -0.25) is 19.3 Å². The Morgan fingerprint density at radius 2 is 1.90 bits per heavy atom. The molecule has 1 N–H and O–H groups in total. The van der Waals surface area contributed by atoms with E-state index in [0.29, 0.717) is 11.3 Å². The number of hydrogen-bond donors (Lipinski definition) is 1. The van der Waals surface area contributed by atoms with E-state index in [1.54, 1.807) is 38.1 Å². The van der Waals surface area contributed by atoms with E-state index in [9.17, 15) is 19.2 Å². The first-order valence-corrected chi connectivity index (χ1v) is 10.5. The third kappa shape index (κ3) is 3.55. The number of benzene rings is 1. The SMILES string of the molecule is CCC[C@H](C)NC(=O)COC(=O)[C@]12CCC(=O)N1c1ccccc1C(=O)N2C(C)C.